The van der Waals surface area contributed by atoms with E-state index in [0.717, 1.165) is 30.8 Å². The quantitative estimate of drug-likeness (QED) is 0.723. The van der Waals surface area contributed by atoms with E-state index in [1.54, 1.807) is 0 Å². The lowest BCUT2D eigenvalue weighted by molar-refractivity contribution is -0.141. The molecule has 20 heavy (non-hydrogen) atoms. The standard InChI is InChI=1S/C17H28O3/c1-12-11-14(13(2)20-12)7-8-15(17(3,4)5)9-10-16(18)19-6/h11,15H,7-10H2,1-6H3. The van der Waals surface area contributed by atoms with Crippen LogP contribution in [0.4, 0.5) is 0 Å². The number of carbonyl (C=O) groups is 1. The molecular formula is C17H28O3. The van der Waals surface area contributed by atoms with Crippen LogP contribution in [0.1, 0.15) is 57.1 Å². The lowest BCUT2D eigenvalue weighted by atomic mass is 9.75. The summed E-state index contributed by atoms with van der Waals surface area (Å²) in [5.41, 5.74) is 1.48. The molecule has 1 aromatic heterocycles. The summed E-state index contributed by atoms with van der Waals surface area (Å²) in [6, 6.07) is 2.12. The van der Waals surface area contributed by atoms with Gasteiger partial charge < -0.3 is 9.15 Å². The van der Waals surface area contributed by atoms with Crippen molar-refractivity contribution in [1.29, 1.82) is 0 Å². The van der Waals surface area contributed by atoms with E-state index in [1.807, 2.05) is 13.8 Å². The Morgan fingerprint density at radius 2 is 1.95 bits per heavy atom. The molecule has 0 saturated carbocycles. The summed E-state index contributed by atoms with van der Waals surface area (Å²) in [4.78, 5) is 11.3. The van der Waals surface area contributed by atoms with Crippen molar-refractivity contribution in [2.75, 3.05) is 7.11 Å². The van der Waals surface area contributed by atoms with Gasteiger partial charge >= 0.3 is 5.97 Å². The van der Waals surface area contributed by atoms with Gasteiger partial charge in [-0.15, -0.1) is 0 Å². The first-order valence-corrected chi connectivity index (χ1v) is 7.36. The van der Waals surface area contributed by atoms with Gasteiger partial charge in [-0.1, -0.05) is 20.8 Å². The maximum absolute atomic E-state index is 11.3. The van der Waals surface area contributed by atoms with Crippen LogP contribution in [0.3, 0.4) is 0 Å². The lowest BCUT2D eigenvalue weighted by Gasteiger charge is -2.30. The average molecular weight is 280 g/mol. The molecule has 0 saturated heterocycles. The summed E-state index contributed by atoms with van der Waals surface area (Å²) < 4.78 is 10.3. The van der Waals surface area contributed by atoms with Gasteiger partial charge in [0.15, 0.2) is 0 Å². The molecule has 1 heterocycles. The molecule has 0 radical (unpaired) electrons. The van der Waals surface area contributed by atoms with Crippen LogP contribution in [0.2, 0.25) is 0 Å². The van der Waals surface area contributed by atoms with E-state index >= 15 is 0 Å². The summed E-state index contributed by atoms with van der Waals surface area (Å²) in [6.07, 6.45) is 3.46. The van der Waals surface area contributed by atoms with E-state index in [2.05, 4.69) is 26.8 Å². The van der Waals surface area contributed by atoms with Crippen molar-refractivity contribution >= 4 is 5.97 Å². The average Bonchev–Trinajstić information content (AvgIpc) is 2.65. The third-order valence-electron chi connectivity index (χ3n) is 4.06. The minimum atomic E-state index is -0.116. The monoisotopic (exact) mass is 280 g/mol. The van der Waals surface area contributed by atoms with Crippen molar-refractivity contribution < 1.29 is 13.9 Å². The molecule has 3 nitrogen and oxygen atoms in total. The first-order valence-electron chi connectivity index (χ1n) is 7.36. The van der Waals surface area contributed by atoms with Gasteiger partial charge in [0, 0.05) is 6.42 Å². The molecule has 0 bridgehead atoms. The highest BCUT2D eigenvalue weighted by atomic mass is 16.5. The Morgan fingerprint density at radius 3 is 2.40 bits per heavy atom. The second kappa shape index (κ2) is 6.96. The predicted molar refractivity (Wildman–Crippen MR) is 80.7 cm³/mol. The number of hydrogen-bond acceptors (Lipinski definition) is 3. The van der Waals surface area contributed by atoms with Crippen LogP contribution in [-0.2, 0) is 16.0 Å². The maximum Gasteiger partial charge on any atom is 0.305 e. The van der Waals surface area contributed by atoms with E-state index < -0.39 is 0 Å². The Balaban J connectivity index is 2.61. The number of rotatable bonds is 6. The molecule has 0 aromatic carbocycles. The van der Waals surface area contributed by atoms with E-state index in [0.29, 0.717) is 12.3 Å². The molecule has 0 aliphatic carbocycles. The highest BCUT2D eigenvalue weighted by Gasteiger charge is 2.25. The number of hydrogen-bond donors (Lipinski definition) is 0. The van der Waals surface area contributed by atoms with Gasteiger partial charge in [-0.2, -0.15) is 0 Å². The Hall–Kier alpha value is -1.25. The van der Waals surface area contributed by atoms with Crippen molar-refractivity contribution in [2.24, 2.45) is 11.3 Å². The summed E-state index contributed by atoms with van der Waals surface area (Å²) >= 11 is 0. The minimum Gasteiger partial charge on any atom is -0.469 e. The molecule has 0 amide bonds. The van der Waals surface area contributed by atoms with Crippen molar-refractivity contribution in [3.05, 3.63) is 23.2 Å². The third kappa shape index (κ3) is 5.03. The van der Waals surface area contributed by atoms with Crippen molar-refractivity contribution in [2.45, 2.75) is 60.3 Å². The summed E-state index contributed by atoms with van der Waals surface area (Å²) in [5, 5.41) is 0. The van der Waals surface area contributed by atoms with Crippen LogP contribution >= 0.6 is 0 Å². The SMILES string of the molecule is COC(=O)CCC(CCc1cc(C)oc1C)C(C)(C)C. The molecule has 1 unspecified atom stereocenters. The zero-order valence-electron chi connectivity index (χ0n) is 13.7. The molecule has 0 N–H and O–H groups in total. The maximum atomic E-state index is 11.3. The molecule has 0 aliphatic rings. The Morgan fingerprint density at radius 1 is 1.30 bits per heavy atom. The second-order valence-corrected chi connectivity index (χ2v) is 6.65. The van der Waals surface area contributed by atoms with E-state index in [9.17, 15) is 4.79 Å². The predicted octanol–water partition coefficient (Wildman–Crippen LogP) is 4.44. The van der Waals surface area contributed by atoms with Crippen LogP contribution in [0.15, 0.2) is 10.5 Å². The van der Waals surface area contributed by atoms with Crippen molar-refractivity contribution in [3.8, 4) is 0 Å². The minimum absolute atomic E-state index is 0.116. The first-order chi connectivity index (χ1) is 9.24. The molecule has 3 heteroatoms. The Labute approximate surface area is 122 Å². The zero-order chi connectivity index (χ0) is 15.3. The molecule has 0 spiro atoms. The van der Waals surface area contributed by atoms with Gasteiger partial charge in [0.25, 0.3) is 0 Å². The van der Waals surface area contributed by atoms with Crippen LogP contribution in [-0.4, -0.2) is 13.1 Å². The van der Waals surface area contributed by atoms with Gasteiger partial charge in [-0.3, -0.25) is 4.79 Å². The molecule has 1 atom stereocenters. The van der Waals surface area contributed by atoms with Gasteiger partial charge in [0.2, 0.25) is 0 Å². The zero-order valence-corrected chi connectivity index (χ0v) is 13.7. The molecule has 0 fully saturated rings. The molecule has 0 aliphatic heterocycles. The fourth-order valence-corrected chi connectivity index (χ4v) is 2.67. The van der Waals surface area contributed by atoms with Gasteiger partial charge in [-0.25, -0.2) is 0 Å². The Bertz CT molecular complexity index is 438. The lowest BCUT2D eigenvalue weighted by Crippen LogP contribution is -2.22. The third-order valence-corrected chi connectivity index (χ3v) is 4.06. The molecule has 1 rings (SSSR count). The largest absolute Gasteiger partial charge is 0.469 e. The van der Waals surface area contributed by atoms with Crippen molar-refractivity contribution in [1.82, 2.24) is 0 Å². The Kier molecular flexibility index (Phi) is 5.85. The number of carbonyl (C=O) groups excluding carboxylic acids is 1. The summed E-state index contributed by atoms with van der Waals surface area (Å²) in [5.74, 6) is 2.37. The molecule has 1 aromatic rings. The number of ether oxygens (including phenoxy) is 1. The van der Waals surface area contributed by atoms with E-state index in [-0.39, 0.29) is 11.4 Å². The highest BCUT2D eigenvalue weighted by molar-refractivity contribution is 5.69. The number of aryl methyl sites for hydroxylation is 3. The number of esters is 1. The fourth-order valence-electron chi connectivity index (χ4n) is 2.67. The molecule has 114 valence electrons. The summed E-state index contributed by atoms with van der Waals surface area (Å²) in [6.45, 7) is 10.7. The van der Waals surface area contributed by atoms with Gasteiger partial charge in [0.05, 0.1) is 7.11 Å². The second-order valence-electron chi connectivity index (χ2n) is 6.65. The normalized spacial score (nSPS) is 13.3. The number of methoxy groups -OCH3 is 1. The van der Waals surface area contributed by atoms with Crippen LogP contribution in [0.5, 0.6) is 0 Å². The van der Waals surface area contributed by atoms with Crippen molar-refractivity contribution in [3.63, 3.8) is 0 Å². The highest BCUT2D eigenvalue weighted by Crippen LogP contribution is 2.34. The smallest absolute Gasteiger partial charge is 0.305 e. The summed E-state index contributed by atoms with van der Waals surface area (Å²) in [7, 11) is 1.45. The van der Waals surface area contributed by atoms with Gasteiger partial charge in [0.1, 0.15) is 11.5 Å². The van der Waals surface area contributed by atoms with Crippen LogP contribution in [0.25, 0.3) is 0 Å². The van der Waals surface area contributed by atoms with E-state index in [4.69, 9.17) is 9.15 Å². The number of furan rings is 1. The van der Waals surface area contributed by atoms with Gasteiger partial charge in [-0.05, 0) is 56.1 Å². The van der Waals surface area contributed by atoms with Crippen LogP contribution in [0, 0.1) is 25.2 Å². The first kappa shape index (κ1) is 16.8. The fraction of sp³-hybridized carbons (Fsp3) is 0.706. The van der Waals surface area contributed by atoms with E-state index in [1.165, 1.54) is 12.7 Å². The van der Waals surface area contributed by atoms with Crippen LogP contribution < -0.4 is 0 Å². The molecular weight excluding hydrogens is 252 g/mol. The topological polar surface area (TPSA) is 39.4 Å².